The van der Waals surface area contributed by atoms with Gasteiger partial charge in [-0.1, -0.05) is 30.3 Å². The molecule has 3 aliphatic rings. The normalized spacial score (nSPS) is 20.0. The van der Waals surface area contributed by atoms with E-state index in [1.54, 1.807) is 0 Å². The first-order valence-corrected chi connectivity index (χ1v) is 11.4. The van der Waals surface area contributed by atoms with Crippen molar-refractivity contribution in [1.82, 2.24) is 19.7 Å². The van der Waals surface area contributed by atoms with Crippen molar-refractivity contribution in [1.29, 1.82) is 0 Å². The fraction of sp³-hybridized carbons (Fsp3) is 0.400. The van der Waals surface area contributed by atoms with Crippen molar-refractivity contribution < 1.29 is 4.79 Å². The molecule has 1 aromatic heterocycles. The van der Waals surface area contributed by atoms with Crippen LogP contribution in [0.5, 0.6) is 0 Å². The van der Waals surface area contributed by atoms with E-state index in [9.17, 15) is 4.79 Å². The van der Waals surface area contributed by atoms with Crippen molar-refractivity contribution >= 4 is 11.6 Å². The Morgan fingerprint density at radius 1 is 1.03 bits per heavy atom. The number of hydrogen-bond donors (Lipinski definition) is 1. The summed E-state index contributed by atoms with van der Waals surface area (Å²) in [6.07, 6.45) is 6.13. The highest BCUT2D eigenvalue weighted by molar-refractivity contribution is 5.81. The van der Waals surface area contributed by atoms with E-state index in [1.807, 2.05) is 6.33 Å². The van der Waals surface area contributed by atoms with Gasteiger partial charge in [0.15, 0.2) is 5.82 Å². The zero-order valence-electron chi connectivity index (χ0n) is 17.6. The van der Waals surface area contributed by atoms with Crippen molar-refractivity contribution in [3.8, 4) is 22.5 Å². The molecule has 6 rings (SSSR count). The molecule has 3 heterocycles. The SMILES string of the molecule is O=C(C1CC1)N1CCC(Cn2cnnc2-c2ccc(-c3ccc4c(c3)CCN4)cc2)C1. The van der Waals surface area contributed by atoms with Gasteiger partial charge in [0, 0.05) is 43.3 Å². The van der Waals surface area contributed by atoms with Gasteiger partial charge in [0.2, 0.25) is 5.91 Å². The van der Waals surface area contributed by atoms with Gasteiger partial charge < -0.3 is 14.8 Å². The number of amides is 1. The van der Waals surface area contributed by atoms with Gasteiger partial charge >= 0.3 is 0 Å². The Bertz CT molecular complexity index is 1120. The molecule has 6 nitrogen and oxygen atoms in total. The summed E-state index contributed by atoms with van der Waals surface area (Å²) >= 11 is 0. The van der Waals surface area contributed by atoms with Crippen LogP contribution >= 0.6 is 0 Å². The van der Waals surface area contributed by atoms with Crippen molar-refractivity contribution in [2.75, 3.05) is 25.0 Å². The number of rotatable bonds is 5. The summed E-state index contributed by atoms with van der Waals surface area (Å²) in [7, 11) is 0. The molecule has 1 aliphatic carbocycles. The molecule has 1 amide bonds. The van der Waals surface area contributed by atoms with Crippen LogP contribution < -0.4 is 5.32 Å². The summed E-state index contributed by atoms with van der Waals surface area (Å²) in [5, 5.41) is 12.0. The minimum absolute atomic E-state index is 0.310. The first-order valence-electron chi connectivity index (χ1n) is 11.4. The van der Waals surface area contributed by atoms with Crippen LogP contribution in [0.3, 0.4) is 0 Å². The molecule has 1 unspecified atom stereocenters. The van der Waals surface area contributed by atoms with E-state index in [0.717, 1.165) is 63.3 Å². The van der Waals surface area contributed by atoms with Crippen LogP contribution in [-0.4, -0.2) is 45.2 Å². The van der Waals surface area contributed by atoms with E-state index in [4.69, 9.17) is 0 Å². The van der Waals surface area contributed by atoms with Gasteiger partial charge in [-0.2, -0.15) is 0 Å². The van der Waals surface area contributed by atoms with Crippen LogP contribution in [-0.2, 0) is 17.8 Å². The number of benzene rings is 2. The Hall–Kier alpha value is -3.15. The smallest absolute Gasteiger partial charge is 0.225 e. The Morgan fingerprint density at radius 2 is 1.84 bits per heavy atom. The van der Waals surface area contributed by atoms with Crippen molar-refractivity contribution in [2.45, 2.75) is 32.2 Å². The molecule has 1 saturated carbocycles. The number of carbonyl (C=O) groups is 1. The van der Waals surface area contributed by atoms with E-state index in [0.29, 0.717) is 17.7 Å². The number of likely N-dealkylation sites (tertiary alicyclic amines) is 1. The molecule has 0 spiro atoms. The number of nitrogens with one attached hydrogen (secondary N) is 1. The van der Waals surface area contributed by atoms with Crippen LogP contribution in [0.4, 0.5) is 5.69 Å². The third-order valence-corrected chi connectivity index (χ3v) is 6.89. The van der Waals surface area contributed by atoms with Gasteiger partial charge in [0.05, 0.1) is 0 Å². The summed E-state index contributed by atoms with van der Waals surface area (Å²) in [6.45, 7) is 3.64. The third-order valence-electron chi connectivity index (χ3n) is 6.89. The molecule has 3 aromatic rings. The lowest BCUT2D eigenvalue weighted by atomic mass is 10.0. The van der Waals surface area contributed by atoms with E-state index in [1.165, 1.54) is 22.4 Å². The molecule has 0 bridgehead atoms. The largest absolute Gasteiger partial charge is 0.384 e. The number of nitrogens with zero attached hydrogens (tertiary/aromatic N) is 4. The first-order chi connectivity index (χ1) is 15.2. The van der Waals surface area contributed by atoms with Gasteiger partial charge in [-0.25, -0.2) is 0 Å². The second-order valence-corrected chi connectivity index (χ2v) is 9.15. The highest BCUT2D eigenvalue weighted by atomic mass is 16.2. The molecule has 158 valence electrons. The number of hydrogen-bond acceptors (Lipinski definition) is 4. The molecular formula is C25H27N5O. The van der Waals surface area contributed by atoms with Gasteiger partial charge in [-0.3, -0.25) is 4.79 Å². The van der Waals surface area contributed by atoms with Gasteiger partial charge in [0.25, 0.3) is 0 Å². The molecule has 2 aromatic carbocycles. The van der Waals surface area contributed by atoms with Crippen LogP contribution in [0.1, 0.15) is 24.8 Å². The van der Waals surface area contributed by atoms with E-state index in [-0.39, 0.29) is 0 Å². The maximum Gasteiger partial charge on any atom is 0.225 e. The van der Waals surface area contributed by atoms with Crippen molar-refractivity contribution in [3.05, 3.63) is 54.4 Å². The maximum absolute atomic E-state index is 12.3. The second-order valence-electron chi connectivity index (χ2n) is 9.15. The minimum atomic E-state index is 0.310. The number of carbonyl (C=O) groups excluding carboxylic acids is 1. The summed E-state index contributed by atoms with van der Waals surface area (Å²) in [5.74, 6) is 2.04. The molecule has 0 radical (unpaired) electrons. The highest BCUT2D eigenvalue weighted by Crippen LogP contribution is 2.34. The van der Waals surface area contributed by atoms with Crippen molar-refractivity contribution in [3.63, 3.8) is 0 Å². The fourth-order valence-corrected chi connectivity index (χ4v) is 4.96. The maximum atomic E-state index is 12.3. The minimum Gasteiger partial charge on any atom is -0.384 e. The Morgan fingerprint density at radius 3 is 2.68 bits per heavy atom. The number of aromatic nitrogens is 3. The summed E-state index contributed by atoms with van der Waals surface area (Å²) < 4.78 is 2.14. The Labute approximate surface area is 182 Å². The van der Waals surface area contributed by atoms with Crippen molar-refractivity contribution in [2.24, 2.45) is 11.8 Å². The quantitative estimate of drug-likeness (QED) is 0.690. The first kappa shape index (κ1) is 18.6. The number of fused-ring (bicyclic) bond motifs is 1. The standard InChI is InChI=1S/C25H27N5O/c31-25(20-5-6-20)29-12-10-17(14-29)15-30-16-27-28-24(30)19-3-1-18(2-4-19)21-7-8-23-22(13-21)9-11-26-23/h1-4,7-8,13,16-17,20,26H,5-6,9-12,14-15H2. The van der Waals surface area contributed by atoms with E-state index < -0.39 is 0 Å². The predicted molar refractivity (Wildman–Crippen MR) is 120 cm³/mol. The third kappa shape index (κ3) is 3.60. The molecule has 1 atom stereocenters. The summed E-state index contributed by atoms with van der Waals surface area (Å²) in [6, 6.07) is 15.3. The lowest BCUT2D eigenvalue weighted by molar-refractivity contribution is -0.131. The topological polar surface area (TPSA) is 63.1 Å². The summed E-state index contributed by atoms with van der Waals surface area (Å²) in [5.41, 5.74) is 6.20. The van der Waals surface area contributed by atoms with Crippen LogP contribution in [0.15, 0.2) is 48.8 Å². The zero-order valence-corrected chi connectivity index (χ0v) is 17.6. The predicted octanol–water partition coefficient (Wildman–Crippen LogP) is 3.84. The molecule has 2 fully saturated rings. The monoisotopic (exact) mass is 413 g/mol. The Kier molecular flexibility index (Phi) is 4.51. The lowest BCUT2D eigenvalue weighted by Gasteiger charge is -2.17. The molecular weight excluding hydrogens is 386 g/mol. The van der Waals surface area contributed by atoms with E-state index in [2.05, 4.69) is 67.4 Å². The lowest BCUT2D eigenvalue weighted by Crippen LogP contribution is -2.30. The average molecular weight is 414 g/mol. The van der Waals surface area contributed by atoms with E-state index >= 15 is 0 Å². The van der Waals surface area contributed by atoms with Gasteiger partial charge in [-0.15, -0.1) is 10.2 Å². The number of anilines is 1. The summed E-state index contributed by atoms with van der Waals surface area (Å²) in [4.78, 5) is 14.4. The van der Waals surface area contributed by atoms with Crippen LogP contribution in [0, 0.1) is 11.8 Å². The Balaban J connectivity index is 1.17. The van der Waals surface area contributed by atoms with Crippen LogP contribution in [0.25, 0.3) is 22.5 Å². The molecule has 31 heavy (non-hydrogen) atoms. The van der Waals surface area contributed by atoms with Gasteiger partial charge in [0.1, 0.15) is 6.33 Å². The zero-order chi connectivity index (χ0) is 20.8. The van der Waals surface area contributed by atoms with Gasteiger partial charge in [-0.05, 0) is 60.4 Å². The average Bonchev–Trinajstić information content (AvgIpc) is 3.17. The van der Waals surface area contributed by atoms with Crippen LogP contribution in [0.2, 0.25) is 0 Å². The molecule has 6 heteroatoms. The molecule has 1 N–H and O–H groups in total. The molecule has 1 saturated heterocycles. The second kappa shape index (κ2) is 7.52. The fourth-order valence-electron chi connectivity index (χ4n) is 4.96. The highest BCUT2D eigenvalue weighted by Gasteiger charge is 2.36. The molecule has 2 aliphatic heterocycles.